The van der Waals surface area contributed by atoms with Crippen LogP contribution in [-0.4, -0.2) is 47.5 Å². The number of likely N-dealkylation sites (N-methyl/N-ethyl adjacent to an activating group) is 1. The van der Waals surface area contributed by atoms with Gasteiger partial charge in [-0.1, -0.05) is 62.4 Å². The maximum Gasteiger partial charge on any atom is 0.197 e. The van der Waals surface area contributed by atoms with Crippen molar-refractivity contribution >= 4 is 5.96 Å². The Kier molecular flexibility index (Phi) is 4.77. The van der Waals surface area contributed by atoms with E-state index >= 15 is 0 Å². The van der Waals surface area contributed by atoms with Gasteiger partial charge in [0.1, 0.15) is 0 Å². The SMILES string of the molecule is CCN1C2=NC[C@H](Cc3ccccc3)N2C[C@@H]1CC1CCCCC1. The van der Waals surface area contributed by atoms with E-state index in [0.717, 1.165) is 25.4 Å². The second-order valence-corrected chi connectivity index (χ2v) is 7.82. The van der Waals surface area contributed by atoms with E-state index in [0.29, 0.717) is 12.1 Å². The first-order valence-corrected chi connectivity index (χ1v) is 9.96. The van der Waals surface area contributed by atoms with Crippen LogP contribution >= 0.6 is 0 Å². The van der Waals surface area contributed by atoms with Crippen molar-refractivity contribution in [1.82, 2.24) is 9.80 Å². The second kappa shape index (κ2) is 7.16. The maximum absolute atomic E-state index is 4.94. The molecule has 0 unspecified atom stereocenters. The van der Waals surface area contributed by atoms with Crippen molar-refractivity contribution in [3.05, 3.63) is 35.9 Å². The van der Waals surface area contributed by atoms with Crippen LogP contribution in [-0.2, 0) is 6.42 Å². The summed E-state index contributed by atoms with van der Waals surface area (Å²) < 4.78 is 0. The molecule has 0 aromatic heterocycles. The predicted octanol–water partition coefficient (Wildman–Crippen LogP) is 3.94. The molecule has 130 valence electrons. The summed E-state index contributed by atoms with van der Waals surface area (Å²) in [7, 11) is 0. The third-order valence-electron chi connectivity index (χ3n) is 6.23. The lowest BCUT2D eigenvalue weighted by Gasteiger charge is -2.29. The number of hydrogen-bond acceptors (Lipinski definition) is 3. The number of guanidine groups is 1. The lowest BCUT2D eigenvalue weighted by Crippen LogP contribution is -2.37. The van der Waals surface area contributed by atoms with E-state index in [1.165, 1.54) is 56.6 Å². The fourth-order valence-corrected chi connectivity index (χ4v) is 4.99. The van der Waals surface area contributed by atoms with Crippen molar-refractivity contribution in [1.29, 1.82) is 0 Å². The highest BCUT2D eigenvalue weighted by molar-refractivity contribution is 5.84. The van der Waals surface area contributed by atoms with E-state index in [1.807, 2.05) is 0 Å². The monoisotopic (exact) mass is 325 g/mol. The average molecular weight is 326 g/mol. The molecular formula is C21H31N3. The van der Waals surface area contributed by atoms with Crippen molar-refractivity contribution in [2.75, 3.05) is 19.6 Å². The van der Waals surface area contributed by atoms with Gasteiger partial charge in [0.2, 0.25) is 0 Å². The van der Waals surface area contributed by atoms with E-state index in [-0.39, 0.29) is 0 Å². The minimum absolute atomic E-state index is 0.563. The van der Waals surface area contributed by atoms with Crippen LogP contribution in [0.5, 0.6) is 0 Å². The molecule has 2 fully saturated rings. The molecule has 0 radical (unpaired) electrons. The normalized spacial score (nSPS) is 27.5. The minimum Gasteiger partial charge on any atom is -0.338 e. The number of benzene rings is 1. The zero-order valence-corrected chi connectivity index (χ0v) is 15.0. The van der Waals surface area contributed by atoms with Crippen LogP contribution in [0.2, 0.25) is 0 Å². The van der Waals surface area contributed by atoms with Crippen molar-refractivity contribution in [2.45, 2.75) is 64.0 Å². The van der Waals surface area contributed by atoms with Gasteiger partial charge in [-0.15, -0.1) is 0 Å². The number of nitrogens with zero attached hydrogens (tertiary/aromatic N) is 3. The molecule has 3 aliphatic rings. The molecule has 0 bridgehead atoms. The number of aliphatic imine (C=N–C) groups is 1. The fraction of sp³-hybridized carbons (Fsp3) is 0.667. The predicted molar refractivity (Wildman–Crippen MR) is 100 cm³/mol. The Morgan fingerprint density at radius 3 is 2.58 bits per heavy atom. The van der Waals surface area contributed by atoms with E-state index in [4.69, 9.17) is 4.99 Å². The number of rotatable bonds is 5. The van der Waals surface area contributed by atoms with Gasteiger partial charge in [0.05, 0.1) is 12.6 Å². The van der Waals surface area contributed by atoms with Crippen LogP contribution < -0.4 is 0 Å². The van der Waals surface area contributed by atoms with Gasteiger partial charge in [-0.05, 0) is 31.2 Å². The molecule has 1 aromatic rings. The molecule has 4 rings (SSSR count). The molecule has 24 heavy (non-hydrogen) atoms. The first-order chi connectivity index (χ1) is 11.8. The first-order valence-electron chi connectivity index (χ1n) is 9.96. The highest BCUT2D eigenvalue weighted by atomic mass is 15.5. The smallest absolute Gasteiger partial charge is 0.197 e. The van der Waals surface area contributed by atoms with E-state index in [9.17, 15) is 0 Å². The topological polar surface area (TPSA) is 18.8 Å². The van der Waals surface area contributed by atoms with Gasteiger partial charge in [-0.2, -0.15) is 0 Å². The van der Waals surface area contributed by atoms with Gasteiger partial charge in [0.25, 0.3) is 0 Å². The van der Waals surface area contributed by atoms with Crippen molar-refractivity contribution < 1.29 is 0 Å². The van der Waals surface area contributed by atoms with E-state index in [2.05, 4.69) is 47.1 Å². The average Bonchev–Trinajstić information content (AvgIpc) is 3.16. The largest absolute Gasteiger partial charge is 0.338 e. The van der Waals surface area contributed by atoms with E-state index < -0.39 is 0 Å². The van der Waals surface area contributed by atoms with E-state index in [1.54, 1.807) is 0 Å². The van der Waals surface area contributed by atoms with Gasteiger partial charge in [-0.25, -0.2) is 0 Å². The summed E-state index contributed by atoms with van der Waals surface area (Å²) in [5, 5.41) is 0. The van der Waals surface area contributed by atoms with Crippen LogP contribution in [0.4, 0.5) is 0 Å². The molecule has 0 amide bonds. The molecule has 2 aliphatic heterocycles. The Labute approximate surface area is 146 Å². The van der Waals surface area contributed by atoms with Gasteiger partial charge in [0, 0.05) is 19.1 Å². The summed E-state index contributed by atoms with van der Waals surface area (Å²) in [6.45, 7) is 5.56. The third-order valence-corrected chi connectivity index (χ3v) is 6.23. The first kappa shape index (κ1) is 16.0. The van der Waals surface area contributed by atoms with Crippen LogP contribution in [0.25, 0.3) is 0 Å². The summed E-state index contributed by atoms with van der Waals surface area (Å²) in [5.74, 6) is 2.24. The maximum atomic E-state index is 4.94. The quantitative estimate of drug-likeness (QED) is 0.816. The fourth-order valence-electron chi connectivity index (χ4n) is 4.99. The van der Waals surface area contributed by atoms with Crippen molar-refractivity contribution in [3.8, 4) is 0 Å². The molecule has 1 aliphatic carbocycles. The molecule has 1 saturated carbocycles. The lowest BCUT2D eigenvalue weighted by molar-refractivity contribution is 0.241. The summed E-state index contributed by atoms with van der Waals surface area (Å²) >= 11 is 0. The molecular weight excluding hydrogens is 294 g/mol. The minimum atomic E-state index is 0.563. The Balaban J connectivity index is 1.42. The Morgan fingerprint density at radius 1 is 1.04 bits per heavy atom. The highest BCUT2D eigenvalue weighted by Gasteiger charge is 2.41. The van der Waals surface area contributed by atoms with Crippen LogP contribution in [0, 0.1) is 5.92 Å². The third kappa shape index (κ3) is 3.18. The van der Waals surface area contributed by atoms with Crippen LogP contribution in [0.3, 0.4) is 0 Å². The Hall–Kier alpha value is -1.51. The number of fused-ring (bicyclic) bond motifs is 1. The molecule has 0 spiro atoms. The molecule has 1 aromatic carbocycles. The summed E-state index contributed by atoms with van der Waals surface area (Å²) in [6, 6.07) is 12.2. The summed E-state index contributed by atoms with van der Waals surface area (Å²) in [5.41, 5.74) is 1.44. The Morgan fingerprint density at radius 2 is 1.83 bits per heavy atom. The zero-order chi connectivity index (χ0) is 16.4. The van der Waals surface area contributed by atoms with Crippen molar-refractivity contribution in [3.63, 3.8) is 0 Å². The van der Waals surface area contributed by atoms with Crippen LogP contribution in [0.1, 0.15) is 51.0 Å². The van der Waals surface area contributed by atoms with Gasteiger partial charge in [0.15, 0.2) is 5.96 Å². The summed E-state index contributed by atoms with van der Waals surface area (Å²) in [6.07, 6.45) is 9.76. The molecule has 2 atom stereocenters. The standard InChI is InChI=1S/C21H31N3/c1-2-23-20(14-18-11-7-4-8-12-18)16-24-19(15-22-21(23)24)13-17-9-5-3-6-10-17/h3,5-6,9-10,18-20H,2,4,7-8,11-16H2,1H3/t19-,20-/m0/s1. The molecule has 1 saturated heterocycles. The van der Waals surface area contributed by atoms with Crippen LogP contribution in [0.15, 0.2) is 35.3 Å². The number of hydrogen-bond donors (Lipinski definition) is 0. The van der Waals surface area contributed by atoms with Gasteiger partial charge < -0.3 is 9.80 Å². The van der Waals surface area contributed by atoms with Crippen molar-refractivity contribution in [2.24, 2.45) is 10.9 Å². The Bertz CT molecular complexity index is 562. The lowest BCUT2D eigenvalue weighted by atomic mass is 9.84. The van der Waals surface area contributed by atoms with Gasteiger partial charge >= 0.3 is 0 Å². The zero-order valence-electron chi connectivity index (χ0n) is 15.0. The van der Waals surface area contributed by atoms with Gasteiger partial charge in [-0.3, -0.25) is 4.99 Å². The second-order valence-electron chi connectivity index (χ2n) is 7.82. The molecule has 3 nitrogen and oxygen atoms in total. The molecule has 0 N–H and O–H groups in total. The molecule has 3 heteroatoms. The molecule has 2 heterocycles. The highest BCUT2D eigenvalue weighted by Crippen LogP contribution is 2.33. The summed E-state index contributed by atoms with van der Waals surface area (Å²) in [4.78, 5) is 10.2.